The van der Waals surface area contributed by atoms with Crippen molar-refractivity contribution < 1.29 is 4.79 Å². The van der Waals surface area contributed by atoms with E-state index in [0.29, 0.717) is 11.3 Å². The first-order chi connectivity index (χ1) is 12.3. The van der Waals surface area contributed by atoms with Gasteiger partial charge in [-0.2, -0.15) is 0 Å². The van der Waals surface area contributed by atoms with Gasteiger partial charge in [0.25, 0.3) is 5.91 Å². The topological polar surface area (TPSA) is 91.9 Å². The predicted molar refractivity (Wildman–Crippen MR) is 105 cm³/mol. The fourth-order valence-electron chi connectivity index (χ4n) is 2.84. The summed E-state index contributed by atoms with van der Waals surface area (Å²) in [7, 11) is 0. The molecule has 0 saturated carbocycles. The average Bonchev–Trinajstić information content (AvgIpc) is 2.59. The number of carbonyl (C=O) groups excluding carboxylic acids is 1. The highest BCUT2D eigenvalue weighted by Crippen LogP contribution is 2.28. The van der Waals surface area contributed by atoms with Crippen molar-refractivity contribution in [3.8, 4) is 11.3 Å². The van der Waals surface area contributed by atoms with Crippen molar-refractivity contribution in [3.63, 3.8) is 0 Å². The molecule has 132 valence electrons. The first kappa shape index (κ1) is 17.6. The number of rotatable bonds is 2. The van der Waals surface area contributed by atoms with Crippen molar-refractivity contribution in [2.45, 2.75) is 26.2 Å². The first-order valence-corrected chi connectivity index (χ1v) is 8.42. The molecule has 0 atom stereocenters. The molecule has 0 unspecified atom stereocenters. The Morgan fingerprint density at radius 2 is 1.73 bits per heavy atom. The van der Waals surface area contributed by atoms with Crippen molar-refractivity contribution in [1.29, 1.82) is 5.41 Å². The van der Waals surface area contributed by atoms with Crippen LogP contribution in [-0.4, -0.2) is 16.9 Å². The molecule has 1 heterocycles. The Bertz CT molecular complexity index is 985. The average molecular weight is 346 g/mol. The second-order valence-corrected chi connectivity index (χ2v) is 7.27. The minimum absolute atomic E-state index is 0.0713. The van der Waals surface area contributed by atoms with Crippen LogP contribution in [0.5, 0.6) is 0 Å². The number of hydrogen-bond acceptors (Lipinski definition) is 3. The van der Waals surface area contributed by atoms with Crippen LogP contribution in [0.25, 0.3) is 22.2 Å². The number of carbonyl (C=O) groups is 1. The molecular weight excluding hydrogens is 324 g/mol. The number of para-hydroxylation sites is 1. The molecule has 0 aliphatic heterocycles. The minimum atomic E-state index is -0.413. The van der Waals surface area contributed by atoms with Gasteiger partial charge >= 0.3 is 0 Å². The van der Waals surface area contributed by atoms with Crippen LogP contribution in [0.1, 0.15) is 36.7 Å². The SMILES string of the molecule is CC(C)(C)c1ccc(-c2cc(C(=O)NC(=N)N)c3ccccc3n2)cc1. The molecule has 0 saturated heterocycles. The fourth-order valence-corrected chi connectivity index (χ4v) is 2.84. The van der Waals surface area contributed by atoms with Gasteiger partial charge in [0.2, 0.25) is 0 Å². The lowest BCUT2D eigenvalue weighted by Crippen LogP contribution is -2.35. The smallest absolute Gasteiger partial charge is 0.258 e. The zero-order chi connectivity index (χ0) is 18.9. The number of hydrogen-bond donors (Lipinski definition) is 3. The minimum Gasteiger partial charge on any atom is -0.370 e. The predicted octanol–water partition coefficient (Wildman–Crippen LogP) is 3.82. The van der Waals surface area contributed by atoms with Gasteiger partial charge in [-0.3, -0.25) is 15.5 Å². The molecule has 0 aliphatic carbocycles. The van der Waals surface area contributed by atoms with E-state index in [-0.39, 0.29) is 11.4 Å². The van der Waals surface area contributed by atoms with Gasteiger partial charge in [0.05, 0.1) is 16.8 Å². The van der Waals surface area contributed by atoms with Crippen molar-refractivity contribution in [2.75, 3.05) is 0 Å². The van der Waals surface area contributed by atoms with Gasteiger partial charge in [0.15, 0.2) is 5.96 Å². The Morgan fingerprint density at radius 1 is 1.08 bits per heavy atom. The van der Waals surface area contributed by atoms with E-state index in [1.807, 2.05) is 36.4 Å². The van der Waals surface area contributed by atoms with Crippen molar-refractivity contribution in [1.82, 2.24) is 10.3 Å². The van der Waals surface area contributed by atoms with E-state index in [0.717, 1.165) is 16.5 Å². The monoisotopic (exact) mass is 346 g/mol. The molecule has 2 aromatic carbocycles. The Morgan fingerprint density at radius 3 is 2.35 bits per heavy atom. The second kappa shape index (κ2) is 6.59. The van der Waals surface area contributed by atoms with E-state index >= 15 is 0 Å². The fraction of sp³-hybridized carbons (Fsp3) is 0.190. The number of guanidine groups is 1. The molecule has 5 nitrogen and oxygen atoms in total. The number of amides is 1. The Kier molecular flexibility index (Phi) is 4.47. The van der Waals surface area contributed by atoms with E-state index in [9.17, 15) is 4.79 Å². The van der Waals surface area contributed by atoms with E-state index < -0.39 is 5.91 Å². The lowest BCUT2D eigenvalue weighted by atomic mass is 9.86. The molecule has 5 heteroatoms. The number of benzene rings is 2. The van der Waals surface area contributed by atoms with Gasteiger partial charge in [-0.1, -0.05) is 63.2 Å². The van der Waals surface area contributed by atoms with Crippen molar-refractivity contribution in [2.24, 2.45) is 5.73 Å². The maximum Gasteiger partial charge on any atom is 0.258 e. The molecule has 3 aromatic rings. The summed E-state index contributed by atoms with van der Waals surface area (Å²) in [6, 6.07) is 17.4. The molecule has 26 heavy (non-hydrogen) atoms. The molecule has 0 spiro atoms. The molecule has 0 radical (unpaired) electrons. The lowest BCUT2D eigenvalue weighted by molar-refractivity contribution is 0.0978. The highest BCUT2D eigenvalue weighted by atomic mass is 16.1. The Hall–Kier alpha value is -3.21. The zero-order valence-corrected chi connectivity index (χ0v) is 15.1. The van der Waals surface area contributed by atoms with Crippen LogP contribution in [0.2, 0.25) is 0 Å². The van der Waals surface area contributed by atoms with E-state index in [4.69, 9.17) is 16.1 Å². The lowest BCUT2D eigenvalue weighted by Gasteiger charge is -2.19. The second-order valence-electron chi connectivity index (χ2n) is 7.27. The standard InChI is InChI=1S/C21H22N4O/c1-21(2,3)14-10-8-13(9-11-14)18-12-16(19(26)25-20(22)23)15-6-4-5-7-17(15)24-18/h4-12H,1-3H3,(H4,22,23,25,26). The van der Waals surface area contributed by atoms with Crippen LogP contribution in [0.4, 0.5) is 0 Å². The van der Waals surface area contributed by atoms with Crippen LogP contribution in [0.15, 0.2) is 54.6 Å². The summed E-state index contributed by atoms with van der Waals surface area (Å²) < 4.78 is 0. The van der Waals surface area contributed by atoms with Gasteiger partial charge in [-0.25, -0.2) is 4.98 Å². The first-order valence-electron chi connectivity index (χ1n) is 8.42. The number of pyridine rings is 1. The molecule has 0 bridgehead atoms. The molecule has 0 fully saturated rings. The van der Waals surface area contributed by atoms with E-state index in [2.05, 4.69) is 38.2 Å². The van der Waals surface area contributed by atoms with Crippen molar-refractivity contribution >= 4 is 22.8 Å². The normalized spacial score (nSPS) is 11.3. The van der Waals surface area contributed by atoms with Crippen LogP contribution in [0, 0.1) is 5.41 Å². The van der Waals surface area contributed by atoms with Gasteiger partial charge in [-0.15, -0.1) is 0 Å². The summed E-state index contributed by atoms with van der Waals surface area (Å²) in [6.45, 7) is 6.50. The number of nitrogens with one attached hydrogen (secondary N) is 2. The molecular formula is C21H22N4O. The zero-order valence-electron chi connectivity index (χ0n) is 15.1. The summed E-state index contributed by atoms with van der Waals surface area (Å²) in [6.07, 6.45) is 0. The van der Waals surface area contributed by atoms with Crippen LogP contribution in [0.3, 0.4) is 0 Å². The number of fused-ring (bicyclic) bond motifs is 1. The summed E-state index contributed by atoms with van der Waals surface area (Å²) in [5.41, 5.74) is 9.42. The summed E-state index contributed by atoms with van der Waals surface area (Å²) in [4.78, 5) is 17.2. The maximum absolute atomic E-state index is 12.5. The number of nitrogens with two attached hydrogens (primary N) is 1. The van der Waals surface area contributed by atoms with Gasteiger partial charge in [-0.05, 0) is 23.1 Å². The maximum atomic E-state index is 12.5. The van der Waals surface area contributed by atoms with Crippen LogP contribution < -0.4 is 11.1 Å². The molecule has 4 N–H and O–H groups in total. The summed E-state index contributed by atoms with van der Waals surface area (Å²) in [5, 5.41) is 10.4. The quantitative estimate of drug-likeness (QED) is 0.486. The van der Waals surface area contributed by atoms with Gasteiger partial charge in [0.1, 0.15) is 0 Å². The Balaban J connectivity index is 2.12. The highest BCUT2D eigenvalue weighted by molar-refractivity contribution is 6.12. The molecule has 1 amide bonds. The largest absolute Gasteiger partial charge is 0.370 e. The van der Waals surface area contributed by atoms with E-state index in [1.54, 1.807) is 6.07 Å². The van der Waals surface area contributed by atoms with Gasteiger partial charge < -0.3 is 5.73 Å². The summed E-state index contributed by atoms with van der Waals surface area (Å²) in [5.74, 6) is -0.796. The molecule has 1 aromatic heterocycles. The van der Waals surface area contributed by atoms with Crippen molar-refractivity contribution in [3.05, 3.63) is 65.7 Å². The van der Waals surface area contributed by atoms with E-state index in [1.165, 1.54) is 5.56 Å². The summed E-state index contributed by atoms with van der Waals surface area (Å²) >= 11 is 0. The number of aromatic nitrogens is 1. The third kappa shape index (κ3) is 3.57. The van der Waals surface area contributed by atoms with Crippen LogP contribution in [-0.2, 0) is 5.41 Å². The van der Waals surface area contributed by atoms with Crippen LogP contribution >= 0.6 is 0 Å². The Labute approximate surface area is 152 Å². The third-order valence-corrected chi connectivity index (χ3v) is 4.26. The number of nitrogens with zero attached hydrogens (tertiary/aromatic N) is 1. The van der Waals surface area contributed by atoms with Gasteiger partial charge in [0, 0.05) is 10.9 Å². The molecule has 3 rings (SSSR count). The molecule has 0 aliphatic rings. The highest BCUT2D eigenvalue weighted by Gasteiger charge is 2.16. The third-order valence-electron chi connectivity index (χ3n) is 4.26.